The summed E-state index contributed by atoms with van der Waals surface area (Å²) < 4.78 is 9.70. The summed E-state index contributed by atoms with van der Waals surface area (Å²) in [6, 6.07) is 8.45. The van der Waals surface area contributed by atoms with Crippen LogP contribution in [0.2, 0.25) is 0 Å². The molecule has 1 aliphatic heterocycles. The van der Waals surface area contributed by atoms with Gasteiger partial charge in [0.15, 0.2) is 0 Å². The molecular weight excluding hydrogens is 294 g/mol. The Bertz CT molecular complexity index is 605. The van der Waals surface area contributed by atoms with Crippen LogP contribution in [-0.4, -0.2) is 29.6 Å². The number of anilines is 1. The van der Waals surface area contributed by atoms with Crippen LogP contribution in [0.5, 0.6) is 5.75 Å². The average molecular weight is 317 g/mol. The van der Waals surface area contributed by atoms with Gasteiger partial charge in [-0.05, 0) is 42.9 Å². The molecule has 0 atom stereocenters. The van der Waals surface area contributed by atoms with Crippen molar-refractivity contribution in [3.8, 4) is 5.75 Å². The van der Waals surface area contributed by atoms with E-state index in [1.165, 1.54) is 29.9 Å². The number of benzene rings is 1. The van der Waals surface area contributed by atoms with Gasteiger partial charge in [0, 0.05) is 31.0 Å². The van der Waals surface area contributed by atoms with Crippen LogP contribution >= 0.6 is 11.5 Å². The highest BCUT2D eigenvalue weighted by atomic mass is 32.1. The van der Waals surface area contributed by atoms with E-state index in [1.807, 2.05) is 6.07 Å². The van der Waals surface area contributed by atoms with Crippen molar-refractivity contribution in [1.82, 2.24) is 9.36 Å². The third-order valence-corrected chi connectivity index (χ3v) is 5.13. The number of methoxy groups -OCH3 is 1. The maximum absolute atomic E-state index is 5.31. The largest absolute Gasteiger partial charge is 0.497 e. The number of piperidine rings is 1. The number of hydrogen-bond acceptors (Lipinski definition) is 5. The smallest absolute Gasteiger partial charge is 0.205 e. The van der Waals surface area contributed by atoms with E-state index in [0.717, 1.165) is 48.6 Å². The normalized spacial score (nSPS) is 16.0. The number of hydrogen-bond donors (Lipinski definition) is 0. The topological polar surface area (TPSA) is 38.2 Å². The Morgan fingerprint density at radius 1 is 1.32 bits per heavy atom. The SMILES string of the molecule is CCc1nsc(N2CCC(Cc3cccc(OC)c3)CC2)n1. The first-order chi connectivity index (χ1) is 10.8. The molecule has 2 aromatic rings. The Morgan fingerprint density at radius 3 is 2.82 bits per heavy atom. The van der Waals surface area contributed by atoms with Crippen molar-refractivity contribution in [3.05, 3.63) is 35.7 Å². The lowest BCUT2D eigenvalue weighted by molar-refractivity contribution is 0.398. The Kier molecular flexibility index (Phi) is 4.93. The van der Waals surface area contributed by atoms with E-state index < -0.39 is 0 Å². The summed E-state index contributed by atoms with van der Waals surface area (Å²) >= 11 is 1.54. The van der Waals surface area contributed by atoms with Crippen LogP contribution in [0.1, 0.15) is 31.2 Å². The van der Waals surface area contributed by atoms with Crippen molar-refractivity contribution in [3.63, 3.8) is 0 Å². The van der Waals surface area contributed by atoms with Crippen LogP contribution in [0.4, 0.5) is 5.13 Å². The molecule has 1 saturated heterocycles. The van der Waals surface area contributed by atoms with Gasteiger partial charge in [-0.3, -0.25) is 0 Å². The van der Waals surface area contributed by atoms with Crippen LogP contribution in [0.3, 0.4) is 0 Å². The van der Waals surface area contributed by atoms with Gasteiger partial charge < -0.3 is 9.64 Å². The number of ether oxygens (including phenoxy) is 1. The van der Waals surface area contributed by atoms with E-state index in [-0.39, 0.29) is 0 Å². The highest BCUT2D eigenvalue weighted by Gasteiger charge is 2.22. The van der Waals surface area contributed by atoms with E-state index in [1.54, 1.807) is 7.11 Å². The maximum atomic E-state index is 5.31. The molecule has 4 nitrogen and oxygen atoms in total. The van der Waals surface area contributed by atoms with Gasteiger partial charge in [0.05, 0.1) is 7.11 Å². The molecule has 0 unspecified atom stereocenters. The van der Waals surface area contributed by atoms with Gasteiger partial charge in [0.25, 0.3) is 0 Å². The molecule has 0 N–H and O–H groups in total. The van der Waals surface area contributed by atoms with Crippen molar-refractivity contribution in [1.29, 1.82) is 0 Å². The van der Waals surface area contributed by atoms with Gasteiger partial charge in [-0.25, -0.2) is 4.98 Å². The van der Waals surface area contributed by atoms with Crippen LogP contribution in [0.25, 0.3) is 0 Å². The molecule has 0 spiro atoms. The van der Waals surface area contributed by atoms with Crippen LogP contribution in [0, 0.1) is 5.92 Å². The van der Waals surface area contributed by atoms with E-state index in [4.69, 9.17) is 4.74 Å². The second-order valence-electron chi connectivity index (χ2n) is 5.83. The quantitative estimate of drug-likeness (QED) is 0.845. The summed E-state index contributed by atoms with van der Waals surface area (Å²) in [6.07, 6.45) is 4.50. The Hall–Kier alpha value is -1.62. The van der Waals surface area contributed by atoms with Gasteiger partial charge in [-0.1, -0.05) is 19.1 Å². The molecule has 0 amide bonds. The van der Waals surface area contributed by atoms with Crippen molar-refractivity contribution in [2.24, 2.45) is 5.92 Å². The molecule has 22 heavy (non-hydrogen) atoms. The molecule has 2 heterocycles. The summed E-state index contributed by atoms with van der Waals surface area (Å²) in [5, 5.41) is 1.09. The molecule has 118 valence electrons. The molecule has 0 saturated carbocycles. The summed E-state index contributed by atoms with van der Waals surface area (Å²) in [7, 11) is 1.73. The minimum atomic E-state index is 0.752. The fourth-order valence-electron chi connectivity index (χ4n) is 2.98. The van der Waals surface area contributed by atoms with E-state index in [9.17, 15) is 0 Å². The van der Waals surface area contributed by atoms with Gasteiger partial charge in [-0.2, -0.15) is 4.37 Å². The predicted molar refractivity (Wildman–Crippen MR) is 90.9 cm³/mol. The predicted octanol–water partition coefficient (Wildman–Crippen LogP) is 3.57. The molecule has 0 radical (unpaired) electrons. The number of aryl methyl sites for hydroxylation is 1. The first-order valence-corrected chi connectivity index (χ1v) is 8.76. The van der Waals surface area contributed by atoms with Gasteiger partial charge in [0.2, 0.25) is 5.13 Å². The molecule has 1 aliphatic rings. The van der Waals surface area contributed by atoms with Crippen molar-refractivity contribution >= 4 is 16.7 Å². The lowest BCUT2D eigenvalue weighted by Gasteiger charge is -2.31. The fraction of sp³-hybridized carbons (Fsp3) is 0.529. The lowest BCUT2D eigenvalue weighted by Crippen LogP contribution is -2.34. The van der Waals surface area contributed by atoms with Gasteiger partial charge >= 0.3 is 0 Å². The van der Waals surface area contributed by atoms with Crippen molar-refractivity contribution < 1.29 is 4.74 Å². The monoisotopic (exact) mass is 317 g/mol. The van der Waals surface area contributed by atoms with Crippen LogP contribution in [0.15, 0.2) is 24.3 Å². The Morgan fingerprint density at radius 2 is 2.14 bits per heavy atom. The molecule has 0 bridgehead atoms. The first kappa shape index (κ1) is 15.3. The van der Waals surface area contributed by atoms with Gasteiger partial charge in [0.1, 0.15) is 11.6 Å². The average Bonchev–Trinajstić information content (AvgIpc) is 3.05. The summed E-state index contributed by atoms with van der Waals surface area (Å²) in [5.41, 5.74) is 1.38. The Labute approximate surface area is 136 Å². The standard InChI is InChI=1S/C17H23N3OS/c1-3-16-18-17(22-19-16)20-9-7-13(8-10-20)11-14-5-4-6-15(12-14)21-2/h4-6,12-13H,3,7-11H2,1-2H3. The summed E-state index contributed by atoms with van der Waals surface area (Å²) in [5.74, 6) is 2.68. The third-order valence-electron chi connectivity index (χ3n) is 4.32. The summed E-state index contributed by atoms with van der Waals surface area (Å²) in [4.78, 5) is 6.99. The highest BCUT2D eigenvalue weighted by Crippen LogP contribution is 2.27. The van der Waals surface area contributed by atoms with Crippen molar-refractivity contribution in [2.45, 2.75) is 32.6 Å². The van der Waals surface area contributed by atoms with Crippen molar-refractivity contribution in [2.75, 3.05) is 25.1 Å². The molecule has 1 aromatic carbocycles. The second kappa shape index (κ2) is 7.09. The lowest BCUT2D eigenvalue weighted by atomic mass is 9.90. The Balaban J connectivity index is 1.55. The molecule has 3 rings (SSSR count). The van der Waals surface area contributed by atoms with Crippen LogP contribution in [-0.2, 0) is 12.8 Å². The molecular formula is C17H23N3OS. The third kappa shape index (κ3) is 3.58. The zero-order valence-corrected chi connectivity index (χ0v) is 14.1. The molecule has 1 fully saturated rings. The molecule has 5 heteroatoms. The van der Waals surface area contributed by atoms with E-state index >= 15 is 0 Å². The first-order valence-electron chi connectivity index (χ1n) is 7.99. The van der Waals surface area contributed by atoms with Gasteiger partial charge in [-0.15, -0.1) is 0 Å². The zero-order chi connectivity index (χ0) is 15.4. The maximum Gasteiger partial charge on any atom is 0.205 e. The molecule has 0 aliphatic carbocycles. The van der Waals surface area contributed by atoms with Crippen LogP contribution < -0.4 is 9.64 Å². The number of nitrogens with zero attached hydrogens (tertiary/aromatic N) is 3. The zero-order valence-electron chi connectivity index (χ0n) is 13.3. The highest BCUT2D eigenvalue weighted by molar-refractivity contribution is 7.09. The fourth-order valence-corrected chi connectivity index (χ4v) is 3.78. The number of aromatic nitrogens is 2. The second-order valence-corrected chi connectivity index (χ2v) is 6.56. The minimum absolute atomic E-state index is 0.752. The molecule has 1 aromatic heterocycles. The minimum Gasteiger partial charge on any atom is -0.497 e. The summed E-state index contributed by atoms with van der Waals surface area (Å²) in [6.45, 7) is 4.28. The van der Waals surface area contributed by atoms with E-state index in [0.29, 0.717) is 0 Å². The number of rotatable bonds is 5. The van der Waals surface area contributed by atoms with E-state index in [2.05, 4.69) is 39.4 Å².